The van der Waals surface area contributed by atoms with E-state index in [0.29, 0.717) is 13.2 Å². The lowest BCUT2D eigenvalue weighted by molar-refractivity contribution is 0.159. The van der Waals surface area contributed by atoms with Crippen molar-refractivity contribution in [2.24, 2.45) is 0 Å². The van der Waals surface area contributed by atoms with Crippen LogP contribution in [-0.2, 0) is 4.74 Å². The molecule has 8 heavy (non-hydrogen) atoms. The normalized spacial score (nSPS) is 10.5. The molecule has 0 aliphatic rings. The zero-order chi connectivity index (χ0) is 6.41. The Labute approximate surface area is 62.7 Å². The number of rotatable bonds is 4. The average molecular weight is 170 g/mol. The van der Waals surface area contributed by atoms with Crippen LogP contribution in [0.1, 0.15) is 0 Å². The maximum absolute atomic E-state index is 5.34. The van der Waals surface area contributed by atoms with E-state index in [2.05, 4.69) is 10.2 Å². The molecule has 0 saturated heterocycles. The molecule has 0 aromatic carbocycles. The van der Waals surface area contributed by atoms with Crippen molar-refractivity contribution in [2.45, 2.75) is 10.9 Å². The lowest BCUT2D eigenvalue weighted by atomic mass is 10.8. The second kappa shape index (κ2) is 5.89. The first-order chi connectivity index (χ1) is 3.77. The summed E-state index contributed by atoms with van der Waals surface area (Å²) in [6, 6.07) is 0.820. The Balaban J connectivity index is 2.72. The topological polar surface area (TPSA) is 9.23 Å². The Bertz CT molecular complexity index is 51.3. The highest BCUT2D eigenvalue weighted by atomic mass is 35.5. The second-order valence-corrected chi connectivity index (χ2v) is 2.99. The zero-order valence-corrected chi connectivity index (χ0v) is 6.87. The molecule has 0 atom stereocenters. The Hall–Kier alpha value is 0.757. The van der Waals surface area contributed by atoms with Gasteiger partial charge < -0.3 is 4.74 Å². The van der Waals surface area contributed by atoms with E-state index in [1.54, 1.807) is 0 Å². The first-order valence-electron chi connectivity index (χ1n) is 2.28. The van der Waals surface area contributed by atoms with Gasteiger partial charge in [0.05, 0.1) is 6.61 Å². The lowest BCUT2D eigenvalue weighted by Gasteiger charge is -1.99. The second-order valence-electron chi connectivity index (χ2n) is 1.22. The number of alkyl halides is 2. The predicted molar refractivity (Wildman–Crippen MR) is 36.9 cm³/mol. The standard InChI is InChI=1S/C4H7Cl2OSi/c5-4(6)3-7-1-2-8/h4H,1-3H2. The molecule has 0 rings (SSSR count). The SMILES string of the molecule is [Si]CCOCC(Cl)Cl. The van der Waals surface area contributed by atoms with Crippen LogP contribution in [0.3, 0.4) is 0 Å². The summed E-state index contributed by atoms with van der Waals surface area (Å²) < 4.78 is 4.93. The van der Waals surface area contributed by atoms with E-state index in [9.17, 15) is 0 Å². The van der Waals surface area contributed by atoms with Gasteiger partial charge in [0.2, 0.25) is 0 Å². The monoisotopic (exact) mass is 169 g/mol. The molecule has 0 fully saturated rings. The van der Waals surface area contributed by atoms with Crippen molar-refractivity contribution in [3.63, 3.8) is 0 Å². The van der Waals surface area contributed by atoms with Crippen LogP contribution >= 0.6 is 23.2 Å². The Morgan fingerprint density at radius 1 is 1.50 bits per heavy atom. The molecule has 0 aliphatic heterocycles. The summed E-state index contributed by atoms with van der Waals surface area (Å²) in [5.74, 6) is 0. The van der Waals surface area contributed by atoms with Gasteiger partial charge in [-0.3, -0.25) is 0 Å². The van der Waals surface area contributed by atoms with Crippen molar-refractivity contribution < 1.29 is 4.74 Å². The summed E-state index contributed by atoms with van der Waals surface area (Å²) >= 11 is 10.7. The highest BCUT2D eigenvalue weighted by Gasteiger charge is 1.95. The molecule has 0 saturated carbocycles. The molecular formula is C4H7Cl2OSi. The molecule has 3 radical (unpaired) electrons. The minimum atomic E-state index is -0.395. The van der Waals surface area contributed by atoms with E-state index in [4.69, 9.17) is 27.9 Å². The molecule has 1 nitrogen and oxygen atoms in total. The quantitative estimate of drug-likeness (QED) is 0.352. The molecular weight excluding hydrogens is 163 g/mol. The Kier molecular flexibility index (Phi) is 6.44. The van der Waals surface area contributed by atoms with Gasteiger partial charge in [-0.2, -0.15) is 0 Å². The highest BCUT2D eigenvalue weighted by molar-refractivity contribution is 6.44. The van der Waals surface area contributed by atoms with Crippen LogP contribution in [0, 0.1) is 0 Å². The van der Waals surface area contributed by atoms with Crippen LogP contribution in [0.25, 0.3) is 0 Å². The van der Waals surface area contributed by atoms with Crippen molar-refractivity contribution in [1.29, 1.82) is 0 Å². The fraction of sp³-hybridized carbons (Fsp3) is 1.00. The van der Waals surface area contributed by atoms with Gasteiger partial charge in [-0.25, -0.2) is 0 Å². The first kappa shape index (κ1) is 8.76. The molecule has 4 heteroatoms. The van der Waals surface area contributed by atoms with Gasteiger partial charge in [0.25, 0.3) is 0 Å². The molecule has 47 valence electrons. The van der Waals surface area contributed by atoms with E-state index >= 15 is 0 Å². The van der Waals surface area contributed by atoms with E-state index in [1.165, 1.54) is 0 Å². The average Bonchev–Trinajstić information content (AvgIpc) is 1.66. The molecule has 0 aromatic rings. The van der Waals surface area contributed by atoms with Crippen LogP contribution in [0.2, 0.25) is 6.04 Å². The third-order valence-electron chi connectivity index (χ3n) is 0.490. The zero-order valence-electron chi connectivity index (χ0n) is 4.36. The minimum absolute atomic E-state index is 0.395. The maximum atomic E-state index is 5.34. The third-order valence-corrected chi connectivity index (χ3v) is 0.946. The molecule has 0 amide bonds. The van der Waals surface area contributed by atoms with Gasteiger partial charge in [0.15, 0.2) is 0 Å². The van der Waals surface area contributed by atoms with Crippen molar-refractivity contribution in [1.82, 2.24) is 0 Å². The van der Waals surface area contributed by atoms with Crippen molar-refractivity contribution >= 4 is 33.4 Å². The van der Waals surface area contributed by atoms with E-state index in [0.717, 1.165) is 6.04 Å². The summed E-state index contributed by atoms with van der Waals surface area (Å²) in [6.07, 6.45) is 0. The smallest absolute Gasteiger partial charge is 0.131 e. The predicted octanol–water partition coefficient (Wildman–Crippen LogP) is 1.39. The van der Waals surface area contributed by atoms with Crippen LogP contribution in [-0.4, -0.2) is 28.3 Å². The van der Waals surface area contributed by atoms with Crippen molar-refractivity contribution in [3.05, 3.63) is 0 Å². The van der Waals surface area contributed by atoms with Gasteiger partial charge in [0.1, 0.15) is 4.84 Å². The van der Waals surface area contributed by atoms with Gasteiger partial charge in [-0.05, 0) is 6.04 Å². The minimum Gasteiger partial charge on any atom is -0.379 e. The van der Waals surface area contributed by atoms with E-state index in [1.807, 2.05) is 0 Å². The van der Waals surface area contributed by atoms with Gasteiger partial charge >= 0.3 is 0 Å². The van der Waals surface area contributed by atoms with Gasteiger partial charge in [-0.15, -0.1) is 23.2 Å². The molecule has 0 aromatic heterocycles. The number of hydrogen-bond donors (Lipinski definition) is 0. The fourth-order valence-corrected chi connectivity index (χ4v) is 0.567. The molecule has 0 N–H and O–H groups in total. The number of halogens is 2. The van der Waals surface area contributed by atoms with Crippen molar-refractivity contribution in [3.8, 4) is 0 Å². The van der Waals surface area contributed by atoms with Crippen molar-refractivity contribution in [2.75, 3.05) is 13.2 Å². The van der Waals surface area contributed by atoms with Crippen LogP contribution in [0.5, 0.6) is 0 Å². The summed E-state index contributed by atoms with van der Waals surface area (Å²) in [4.78, 5) is -0.395. The van der Waals surface area contributed by atoms with E-state index in [-0.39, 0.29) is 0 Å². The molecule has 0 heterocycles. The molecule has 0 spiro atoms. The number of ether oxygens (including phenoxy) is 1. The highest BCUT2D eigenvalue weighted by Crippen LogP contribution is 2.00. The Morgan fingerprint density at radius 3 is 2.50 bits per heavy atom. The number of hydrogen-bond acceptors (Lipinski definition) is 1. The molecule has 0 aliphatic carbocycles. The molecule has 0 bridgehead atoms. The Morgan fingerprint density at radius 2 is 2.12 bits per heavy atom. The maximum Gasteiger partial charge on any atom is 0.131 e. The van der Waals surface area contributed by atoms with Gasteiger partial charge in [-0.1, -0.05) is 0 Å². The first-order valence-corrected chi connectivity index (χ1v) is 3.86. The largest absolute Gasteiger partial charge is 0.379 e. The van der Waals surface area contributed by atoms with Crippen LogP contribution < -0.4 is 0 Å². The van der Waals surface area contributed by atoms with E-state index < -0.39 is 4.84 Å². The van der Waals surface area contributed by atoms with Crippen LogP contribution in [0.4, 0.5) is 0 Å². The summed E-state index contributed by atoms with van der Waals surface area (Å²) in [5.41, 5.74) is 0. The third kappa shape index (κ3) is 6.76. The van der Waals surface area contributed by atoms with Crippen LogP contribution in [0.15, 0.2) is 0 Å². The summed E-state index contributed by atoms with van der Waals surface area (Å²) in [7, 11) is 3.23. The summed E-state index contributed by atoms with van der Waals surface area (Å²) in [5, 5.41) is 0. The fourth-order valence-electron chi connectivity index (χ4n) is 0.245. The lowest BCUT2D eigenvalue weighted by Crippen LogP contribution is -2.02. The molecule has 0 unspecified atom stereocenters. The summed E-state index contributed by atoms with van der Waals surface area (Å²) in [6.45, 7) is 1.07. The van der Waals surface area contributed by atoms with Gasteiger partial charge in [0, 0.05) is 16.8 Å².